The van der Waals surface area contributed by atoms with Crippen LogP contribution in [0, 0.1) is 13.8 Å². The standard InChI is InChI=1S/C12H10BrClN2O2/c1-6-10(13)7(2)16(15-6)11-8(12(17)18)4-3-5-9(11)14/h3-5H,1-2H3,(H,17,18). The molecule has 0 radical (unpaired) electrons. The minimum absolute atomic E-state index is 0.126. The second kappa shape index (κ2) is 4.74. The summed E-state index contributed by atoms with van der Waals surface area (Å²) in [4.78, 5) is 11.2. The molecule has 0 atom stereocenters. The van der Waals surface area contributed by atoms with Gasteiger partial charge in [0.2, 0.25) is 0 Å². The number of aryl methyl sites for hydroxylation is 1. The first-order valence-electron chi connectivity index (χ1n) is 5.17. The van der Waals surface area contributed by atoms with Gasteiger partial charge < -0.3 is 5.11 Å². The van der Waals surface area contributed by atoms with Gasteiger partial charge >= 0.3 is 5.97 Å². The predicted octanol–water partition coefficient (Wildman–Crippen LogP) is 3.60. The van der Waals surface area contributed by atoms with E-state index in [9.17, 15) is 9.90 Å². The molecule has 2 aromatic rings. The summed E-state index contributed by atoms with van der Waals surface area (Å²) in [6, 6.07) is 4.76. The highest BCUT2D eigenvalue weighted by molar-refractivity contribution is 9.10. The number of rotatable bonds is 2. The molecule has 0 fully saturated rings. The molecule has 94 valence electrons. The van der Waals surface area contributed by atoms with E-state index in [1.807, 2.05) is 13.8 Å². The smallest absolute Gasteiger partial charge is 0.337 e. The van der Waals surface area contributed by atoms with Crippen LogP contribution in [0.25, 0.3) is 5.69 Å². The van der Waals surface area contributed by atoms with Crippen LogP contribution < -0.4 is 0 Å². The summed E-state index contributed by atoms with van der Waals surface area (Å²) < 4.78 is 2.39. The molecule has 0 spiro atoms. The lowest BCUT2D eigenvalue weighted by Gasteiger charge is -2.10. The van der Waals surface area contributed by atoms with Gasteiger partial charge in [-0.3, -0.25) is 0 Å². The van der Waals surface area contributed by atoms with Crippen molar-refractivity contribution >= 4 is 33.5 Å². The minimum atomic E-state index is -1.03. The van der Waals surface area contributed by atoms with Crippen molar-refractivity contribution in [2.24, 2.45) is 0 Å². The Bertz CT molecular complexity index is 637. The molecule has 1 aromatic carbocycles. The van der Waals surface area contributed by atoms with Crippen LogP contribution in [0.15, 0.2) is 22.7 Å². The van der Waals surface area contributed by atoms with Crippen LogP contribution in [-0.4, -0.2) is 20.9 Å². The van der Waals surface area contributed by atoms with E-state index in [4.69, 9.17) is 11.6 Å². The minimum Gasteiger partial charge on any atom is -0.478 e. The maximum atomic E-state index is 11.2. The van der Waals surface area contributed by atoms with E-state index in [1.165, 1.54) is 6.07 Å². The molecule has 0 aliphatic carbocycles. The Morgan fingerprint density at radius 3 is 2.61 bits per heavy atom. The molecule has 1 N–H and O–H groups in total. The van der Waals surface area contributed by atoms with Gasteiger partial charge in [0.1, 0.15) is 0 Å². The summed E-state index contributed by atoms with van der Waals surface area (Å²) in [5, 5.41) is 13.9. The van der Waals surface area contributed by atoms with Gasteiger partial charge in [0, 0.05) is 0 Å². The number of halogens is 2. The van der Waals surface area contributed by atoms with Crippen molar-refractivity contribution in [2.75, 3.05) is 0 Å². The van der Waals surface area contributed by atoms with Gasteiger partial charge in [-0.2, -0.15) is 5.10 Å². The van der Waals surface area contributed by atoms with Crippen molar-refractivity contribution in [3.63, 3.8) is 0 Å². The van der Waals surface area contributed by atoms with Crippen LogP contribution in [0.4, 0.5) is 0 Å². The van der Waals surface area contributed by atoms with Crippen molar-refractivity contribution in [3.05, 3.63) is 44.6 Å². The van der Waals surface area contributed by atoms with Gasteiger partial charge in [-0.25, -0.2) is 9.48 Å². The van der Waals surface area contributed by atoms with Crippen LogP contribution in [-0.2, 0) is 0 Å². The number of nitrogens with zero attached hydrogens (tertiary/aromatic N) is 2. The molecular weight excluding hydrogens is 320 g/mol. The highest BCUT2D eigenvalue weighted by atomic mass is 79.9. The highest BCUT2D eigenvalue weighted by Gasteiger charge is 2.19. The molecule has 0 saturated carbocycles. The average molecular weight is 330 g/mol. The maximum Gasteiger partial charge on any atom is 0.337 e. The molecule has 4 nitrogen and oxygen atoms in total. The number of hydrogen-bond donors (Lipinski definition) is 1. The number of hydrogen-bond acceptors (Lipinski definition) is 2. The summed E-state index contributed by atoms with van der Waals surface area (Å²) in [6.07, 6.45) is 0. The number of carboxylic acids is 1. The SMILES string of the molecule is Cc1nn(-c2c(Cl)cccc2C(=O)O)c(C)c1Br. The van der Waals surface area contributed by atoms with Crippen LogP contribution in [0.3, 0.4) is 0 Å². The molecule has 0 bridgehead atoms. The monoisotopic (exact) mass is 328 g/mol. The largest absolute Gasteiger partial charge is 0.478 e. The zero-order chi connectivity index (χ0) is 13.4. The first-order chi connectivity index (χ1) is 8.43. The molecule has 0 aliphatic heterocycles. The quantitative estimate of drug-likeness (QED) is 0.916. The van der Waals surface area contributed by atoms with Gasteiger partial charge in [0.25, 0.3) is 0 Å². The second-order valence-electron chi connectivity index (χ2n) is 3.84. The Morgan fingerprint density at radius 2 is 2.11 bits per heavy atom. The lowest BCUT2D eigenvalue weighted by atomic mass is 10.2. The zero-order valence-corrected chi connectivity index (χ0v) is 12.1. The van der Waals surface area contributed by atoms with E-state index in [1.54, 1.807) is 16.8 Å². The Labute approximate surface area is 117 Å². The lowest BCUT2D eigenvalue weighted by molar-refractivity contribution is 0.0696. The van der Waals surface area contributed by atoms with Crippen molar-refractivity contribution in [1.29, 1.82) is 0 Å². The van der Waals surface area contributed by atoms with E-state index in [0.29, 0.717) is 10.7 Å². The average Bonchev–Trinajstić information content (AvgIpc) is 2.56. The molecule has 18 heavy (non-hydrogen) atoms. The third-order valence-electron chi connectivity index (χ3n) is 2.63. The van der Waals surface area contributed by atoms with Crippen molar-refractivity contribution < 1.29 is 9.90 Å². The molecule has 0 saturated heterocycles. The summed E-state index contributed by atoms with van der Waals surface area (Å²) in [7, 11) is 0. The Morgan fingerprint density at radius 1 is 1.44 bits per heavy atom. The zero-order valence-electron chi connectivity index (χ0n) is 9.74. The normalized spacial score (nSPS) is 10.7. The maximum absolute atomic E-state index is 11.2. The molecular formula is C12H10BrClN2O2. The number of para-hydroxylation sites is 1. The van der Waals surface area contributed by atoms with E-state index in [-0.39, 0.29) is 5.56 Å². The van der Waals surface area contributed by atoms with Crippen molar-refractivity contribution in [2.45, 2.75) is 13.8 Å². The van der Waals surface area contributed by atoms with Gasteiger partial charge in [-0.15, -0.1) is 0 Å². The summed E-state index contributed by atoms with van der Waals surface area (Å²) >= 11 is 9.51. The fourth-order valence-corrected chi connectivity index (χ4v) is 2.25. The summed E-state index contributed by atoms with van der Waals surface area (Å²) in [5.74, 6) is -1.03. The first kappa shape index (κ1) is 13.1. The molecule has 1 heterocycles. The fourth-order valence-electron chi connectivity index (χ4n) is 1.74. The topological polar surface area (TPSA) is 55.1 Å². The molecule has 0 unspecified atom stereocenters. The third-order valence-corrected chi connectivity index (χ3v) is 4.08. The molecule has 0 amide bonds. The Balaban J connectivity index is 2.78. The molecule has 6 heteroatoms. The fraction of sp³-hybridized carbons (Fsp3) is 0.167. The van der Waals surface area contributed by atoms with Crippen molar-refractivity contribution in [3.8, 4) is 5.69 Å². The lowest BCUT2D eigenvalue weighted by Crippen LogP contribution is -2.08. The summed E-state index contributed by atoms with van der Waals surface area (Å²) in [5.41, 5.74) is 2.10. The van der Waals surface area contributed by atoms with Gasteiger partial charge in [0.05, 0.1) is 32.1 Å². The van der Waals surface area contributed by atoms with Crippen LogP contribution in [0.1, 0.15) is 21.7 Å². The number of carboxylic acid groups (broad SMARTS) is 1. The Kier molecular flexibility index (Phi) is 3.45. The number of aromatic carboxylic acids is 1. The van der Waals surface area contributed by atoms with Gasteiger partial charge in [-0.1, -0.05) is 17.7 Å². The first-order valence-corrected chi connectivity index (χ1v) is 6.34. The van der Waals surface area contributed by atoms with Crippen LogP contribution >= 0.6 is 27.5 Å². The van der Waals surface area contributed by atoms with Crippen LogP contribution in [0.2, 0.25) is 5.02 Å². The predicted molar refractivity (Wildman–Crippen MR) is 72.7 cm³/mol. The van der Waals surface area contributed by atoms with E-state index < -0.39 is 5.97 Å². The van der Waals surface area contributed by atoms with E-state index in [0.717, 1.165) is 15.9 Å². The second-order valence-corrected chi connectivity index (χ2v) is 5.04. The van der Waals surface area contributed by atoms with Gasteiger partial charge in [0.15, 0.2) is 0 Å². The van der Waals surface area contributed by atoms with Crippen molar-refractivity contribution in [1.82, 2.24) is 9.78 Å². The molecule has 0 aliphatic rings. The Hall–Kier alpha value is -1.33. The number of carbonyl (C=O) groups is 1. The molecule has 1 aromatic heterocycles. The van der Waals surface area contributed by atoms with E-state index >= 15 is 0 Å². The number of benzene rings is 1. The van der Waals surface area contributed by atoms with E-state index in [2.05, 4.69) is 21.0 Å². The van der Waals surface area contributed by atoms with Crippen LogP contribution in [0.5, 0.6) is 0 Å². The molecule has 2 rings (SSSR count). The number of aromatic nitrogens is 2. The summed E-state index contributed by atoms with van der Waals surface area (Å²) in [6.45, 7) is 3.68. The highest BCUT2D eigenvalue weighted by Crippen LogP contribution is 2.29. The third kappa shape index (κ3) is 2.04. The van der Waals surface area contributed by atoms with Gasteiger partial charge in [-0.05, 0) is 41.9 Å².